The van der Waals surface area contributed by atoms with Gasteiger partial charge in [-0.25, -0.2) is 0 Å². The summed E-state index contributed by atoms with van der Waals surface area (Å²) < 4.78 is 0. The molecule has 2 saturated heterocycles. The van der Waals surface area contributed by atoms with Gasteiger partial charge in [-0.15, -0.1) is 0 Å². The first kappa shape index (κ1) is 19.2. The minimum absolute atomic E-state index is 0.0308. The Morgan fingerprint density at radius 3 is 2.47 bits per heavy atom. The summed E-state index contributed by atoms with van der Waals surface area (Å²) in [5.74, 6) is 0.115. The highest BCUT2D eigenvalue weighted by atomic mass is 35.5. The van der Waals surface area contributed by atoms with E-state index in [2.05, 4.69) is 9.80 Å². The molecule has 156 valence electrons. The van der Waals surface area contributed by atoms with Crippen LogP contribution in [0.4, 0.5) is 11.4 Å². The molecule has 0 saturated carbocycles. The average Bonchev–Trinajstić information content (AvgIpc) is 3.28. The van der Waals surface area contributed by atoms with Crippen molar-refractivity contribution in [1.82, 2.24) is 9.80 Å². The minimum Gasteiger partial charge on any atom is -0.368 e. The molecule has 2 fully saturated rings. The molecule has 3 aliphatic rings. The number of nitrogens with zero attached hydrogens (tertiary/aromatic N) is 4. The van der Waals surface area contributed by atoms with Crippen molar-refractivity contribution in [3.8, 4) is 0 Å². The zero-order valence-electron chi connectivity index (χ0n) is 17.1. The van der Waals surface area contributed by atoms with Crippen LogP contribution < -0.4 is 9.80 Å². The van der Waals surface area contributed by atoms with Crippen LogP contribution in [-0.4, -0.2) is 67.6 Å². The summed E-state index contributed by atoms with van der Waals surface area (Å²) in [6, 6.07) is 13.3. The van der Waals surface area contributed by atoms with Crippen LogP contribution in [0.2, 0.25) is 5.02 Å². The number of fused-ring (bicyclic) bond motifs is 2. The molecule has 2 aromatic carbocycles. The van der Waals surface area contributed by atoms with Gasteiger partial charge in [-0.1, -0.05) is 11.6 Å². The van der Waals surface area contributed by atoms with Gasteiger partial charge < -0.3 is 19.6 Å². The molecular weight excluding hydrogens is 400 g/mol. The number of hydrogen-bond acceptors (Lipinski definition) is 4. The second kappa shape index (κ2) is 7.51. The third kappa shape index (κ3) is 3.19. The van der Waals surface area contributed by atoms with Gasteiger partial charge in [-0.3, -0.25) is 9.59 Å². The lowest BCUT2D eigenvalue weighted by Crippen LogP contribution is -2.50. The Kier molecular flexibility index (Phi) is 4.82. The largest absolute Gasteiger partial charge is 0.368 e. The maximum Gasteiger partial charge on any atom is 0.257 e. The van der Waals surface area contributed by atoms with Crippen molar-refractivity contribution < 1.29 is 9.59 Å². The minimum atomic E-state index is 0.0308. The maximum absolute atomic E-state index is 13.2. The number of halogens is 1. The fourth-order valence-corrected chi connectivity index (χ4v) is 4.97. The number of anilines is 2. The number of carbonyl (C=O) groups is 2. The first-order chi connectivity index (χ1) is 14.5. The highest BCUT2D eigenvalue weighted by Gasteiger charge is 2.39. The van der Waals surface area contributed by atoms with Crippen molar-refractivity contribution in [3.05, 3.63) is 58.6 Å². The van der Waals surface area contributed by atoms with Gasteiger partial charge in [0.2, 0.25) is 0 Å². The number of hydrogen-bond donors (Lipinski definition) is 0. The molecule has 6 nitrogen and oxygen atoms in total. The summed E-state index contributed by atoms with van der Waals surface area (Å²) >= 11 is 5.98. The van der Waals surface area contributed by atoms with Crippen LogP contribution in [0.1, 0.15) is 33.6 Å². The monoisotopic (exact) mass is 424 g/mol. The first-order valence-electron chi connectivity index (χ1n) is 10.5. The Morgan fingerprint density at radius 2 is 1.73 bits per heavy atom. The van der Waals surface area contributed by atoms with E-state index in [4.69, 9.17) is 11.6 Å². The maximum atomic E-state index is 13.2. The van der Waals surface area contributed by atoms with Crippen molar-refractivity contribution in [1.29, 1.82) is 0 Å². The molecule has 0 aromatic heterocycles. The zero-order valence-corrected chi connectivity index (χ0v) is 17.8. The Balaban J connectivity index is 1.31. The third-order valence-electron chi connectivity index (χ3n) is 6.54. The van der Waals surface area contributed by atoms with Crippen LogP contribution in [0.25, 0.3) is 0 Å². The van der Waals surface area contributed by atoms with Crippen LogP contribution >= 0.6 is 11.6 Å². The van der Waals surface area contributed by atoms with Crippen molar-refractivity contribution in [2.24, 2.45) is 0 Å². The number of rotatable bonds is 2. The van der Waals surface area contributed by atoms with Gasteiger partial charge in [0.1, 0.15) is 6.17 Å². The summed E-state index contributed by atoms with van der Waals surface area (Å²) in [6.45, 7) is 3.72. The van der Waals surface area contributed by atoms with E-state index in [1.165, 1.54) is 0 Å². The van der Waals surface area contributed by atoms with E-state index in [9.17, 15) is 9.59 Å². The van der Waals surface area contributed by atoms with Crippen LogP contribution in [0, 0.1) is 0 Å². The second-order valence-electron chi connectivity index (χ2n) is 8.22. The van der Waals surface area contributed by atoms with Crippen LogP contribution in [0.15, 0.2) is 42.5 Å². The van der Waals surface area contributed by atoms with Crippen molar-refractivity contribution in [2.45, 2.75) is 19.0 Å². The predicted octanol–water partition coefficient (Wildman–Crippen LogP) is 3.31. The third-order valence-corrected chi connectivity index (χ3v) is 6.79. The van der Waals surface area contributed by atoms with Gasteiger partial charge in [0.15, 0.2) is 0 Å². The fraction of sp³-hybridized carbons (Fsp3) is 0.391. The van der Waals surface area contributed by atoms with Crippen LogP contribution in [-0.2, 0) is 0 Å². The molecule has 0 N–H and O–H groups in total. The van der Waals surface area contributed by atoms with Gasteiger partial charge in [0.05, 0.1) is 11.3 Å². The number of carbonyl (C=O) groups excluding carboxylic acids is 2. The van der Waals surface area contributed by atoms with Gasteiger partial charge in [-0.05, 0) is 55.3 Å². The Labute approximate surface area is 181 Å². The summed E-state index contributed by atoms with van der Waals surface area (Å²) in [5, 5.41) is 0.726. The standard InChI is InChI=1S/C23H25ClN4O2/c1-25-20-15-16(4-9-19(20)23(30)28-10-2-3-21(25)28)22(29)27-13-11-26(12-14-27)18-7-5-17(24)6-8-18/h4-9,15,21H,2-3,10-14H2,1H3/t21-/m1/s1. The van der Waals surface area contributed by atoms with Crippen molar-refractivity contribution in [3.63, 3.8) is 0 Å². The van der Waals surface area contributed by atoms with Crippen molar-refractivity contribution in [2.75, 3.05) is 49.6 Å². The Hall–Kier alpha value is -2.73. The number of amides is 2. The van der Waals surface area contributed by atoms with Crippen LogP contribution in [0.5, 0.6) is 0 Å². The lowest BCUT2D eigenvalue weighted by molar-refractivity contribution is 0.0713. The molecule has 7 heteroatoms. The van der Waals surface area contributed by atoms with Gasteiger partial charge >= 0.3 is 0 Å². The predicted molar refractivity (Wildman–Crippen MR) is 118 cm³/mol. The lowest BCUT2D eigenvalue weighted by Gasteiger charge is -2.40. The quantitative estimate of drug-likeness (QED) is 0.742. The molecule has 30 heavy (non-hydrogen) atoms. The summed E-state index contributed by atoms with van der Waals surface area (Å²) in [7, 11) is 2.02. The Morgan fingerprint density at radius 1 is 1.00 bits per heavy atom. The second-order valence-corrected chi connectivity index (χ2v) is 8.66. The van der Waals surface area contributed by atoms with E-state index in [0.717, 1.165) is 48.9 Å². The molecule has 2 amide bonds. The molecule has 1 atom stereocenters. The lowest BCUT2D eigenvalue weighted by atomic mass is 10.0. The molecule has 3 aliphatic heterocycles. The number of piperazine rings is 1. The van der Waals surface area contributed by atoms with E-state index in [1.807, 2.05) is 53.2 Å². The molecule has 3 heterocycles. The van der Waals surface area contributed by atoms with Crippen LogP contribution in [0.3, 0.4) is 0 Å². The van der Waals surface area contributed by atoms with Gasteiger partial charge in [-0.2, -0.15) is 0 Å². The topological polar surface area (TPSA) is 47.1 Å². The first-order valence-corrected chi connectivity index (χ1v) is 10.9. The summed E-state index contributed by atoms with van der Waals surface area (Å²) in [4.78, 5) is 34.2. The molecule has 0 bridgehead atoms. The average molecular weight is 425 g/mol. The smallest absolute Gasteiger partial charge is 0.257 e. The van der Waals surface area contributed by atoms with Gasteiger partial charge in [0.25, 0.3) is 11.8 Å². The molecule has 5 rings (SSSR count). The zero-order chi connectivity index (χ0) is 20.8. The molecular formula is C23H25ClN4O2. The molecule has 0 radical (unpaired) electrons. The highest BCUT2D eigenvalue weighted by molar-refractivity contribution is 6.30. The Bertz CT molecular complexity index is 985. The SMILES string of the molecule is CN1c2cc(C(=O)N3CCN(c4ccc(Cl)cc4)CC3)ccc2C(=O)N2CCC[C@@H]21. The van der Waals surface area contributed by atoms with Crippen molar-refractivity contribution >= 4 is 34.8 Å². The fourth-order valence-electron chi connectivity index (χ4n) is 4.84. The molecule has 0 spiro atoms. The highest BCUT2D eigenvalue weighted by Crippen LogP contribution is 2.35. The molecule has 2 aromatic rings. The van der Waals surface area contributed by atoms with E-state index in [1.54, 1.807) is 6.07 Å². The van der Waals surface area contributed by atoms with Gasteiger partial charge in [0, 0.05) is 56.0 Å². The normalized spacial score (nSPS) is 21.0. The summed E-state index contributed by atoms with van der Waals surface area (Å²) in [6.07, 6.45) is 2.11. The molecule has 0 aliphatic carbocycles. The summed E-state index contributed by atoms with van der Waals surface area (Å²) in [5.41, 5.74) is 3.34. The molecule has 0 unspecified atom stereocenters. The van der Waals surface area contributed by atoms with E-state index in [-0.39, 0.29) is 18.0 Å². The van der Waals surface area contributed by atoms with E-state index in [0.29, 0.717) is 24.2 Å². The van der Waals surface area contributed by atoms with E-state index >= 15 is 0 Å². The number of benzene rings is 2. The van der Waals surface area contributed by atoms with E-state index < -0.39 is 0 Å².